The van der Waals surface area contributed by atoms with Gasteiger partial charge >= 0.3 is 0 Å². The highest BCUT2D eigenvalue weighted by Crippen LogP contribution is 2.14. The van der Waals surface area contributed by atoms with Crippen molar-refractivity contribution in [2.24, 2.45) is 0 Å². The quantitative estimate of drug-likeness (QED) is 0.840. The molecule has 4 heteroatoms. The fourth-order valence-corrected chi connectivity index (χ4v) is 2.95. The van der Waals surface area contributed by atoms with Crippen molar-refractivity contribution in [2.75, 3.05) is 6.54 Å². The van der Waals surface area contributed by atoms with E-state index in [9.17, 15) is 4.79 Å². The lowest BCUT2D eigenvalue weighted by Crippen LogP contribution is -2.36. The molecule has 0 fully saturated rings. The van der Waals surface area contributed by atoms with Crippen LogP contribution in [-0.4, -0.2) is 23.1 Å². The summed E-state index contributed by atoms with van der Waals surface area (Å²) in [7, 11) is 0. The van der Waals surface area contributed by atoms with Gasteiger partial charge in [-0.1, -0.05) is 26.7 Å². The molecule has 2 rings (SSSR count). The van der Waals surface area contributed by atoms with Gasteiger partial charge < -0.3 is 15.2 Å². The van der Waals surface area contributed by atoms with E-state index >= 15 is 0 Å². The van der Waals surface area contributed by atoms with Crippen LogP contribution in [0.4, 0.5) is 0 Å². The van der Waals surface area contributed by atoms with E-state index in [1.165, 1.54) is 5.69 Å². The molecule has 1 aliphatic rings. The highest BCUT2D eigenvalue weighted by atomic mass is 16.2. The lowest BCUT2D eigenvalue weighted by Gasteiger charge is -2.18. The van der Waals surface area contributed by atoms with E-state index < -0.39 is 0 Å². The molecule has 0 saturated heterocycles. The third kappa shape index (κ3) is 3.63. The fraction of sp³-hybridized carbons (Fsp3) is 0.688. The van der Waals surface area contributed by atoms with Gasteiger partial charge in [0.1, 0.15) is 5.69 Å². The Morgan fingerprint density at radius 3 is 2.80 bits per heavy atom. The smallest absolute Gasteiger partial charge is 0.268 e. The summed E-state index contributed by atoms with van der Waals surface area (Å²) < 4.78 is 2.17. The summed E-state index contributed by atoms with van der Waals surface area (Å²) >= 11 is 0. The molecular weight excluding hydrogens is 250 g/mol. The number of aromatic nitrogens is 1. The third-order valence-corrected chi connectivity index (χ3v) is 3.95. The first-order chi connectivity index (χ1) is 9.76. The Balaban J connectivity index is 2.06. The highest BCUT2D eigenvalue weighted by Gasteiger charge is 2.18. The molecular formula is C16H27N3O. The summed E-state index contributed by atoms with van der Waals surface area (Å²) in [5.74, 6) is 0.0880. The third-order valence-electron chi connectivity index (χ3n) is 3.95. The predicted octanol–water partition coefficient (Wildman–Crippen LogP) is 2.68. The van der Waals surface area contributed by atoms with Crippen molar-refractivity contribution in [2.45, 2.75) is 65.1 Å². The minimum atomic E-state index is 0.0880. The molecule has 0 radical (unpaired) electrons. The molecule has 0 bridgehead atoms. The summed E-state index contributed by atoms with van der Waals surface area (Å²) in [6, 6.07) is 4.35. The molecule has 0 unspecified atom stereocenters. The molecule has 0 atom stereocenters. The second kappa shape index (κ2) is 7.48. The average molecular weight is 277 g/mol. The predicted molar refractivity (Wildman–Crippen MR) is 81.8 cm³/mol. The summed E-state index contributed by atoms with van der Waals surface area (Å²) in [5, 5.41) is 6.60. The van der Waals surface area contributed by atoms with E-state index in [-0.39, 0.29) is 5.91 Å². The van der Waals surface area contributed by atoms with Gasteiger partial charge in [0.25, 0.3) is 5.91 Å². The molecule has 2 N–H and O–H groups in total. The van der Waals surface area contributed by atoms with Gasteiger partial charge in [0.05, 0.1) is 0 Å². The van der Waals surface area contributed by atoms with Crippen LogP contribution in [0.2, 0.25) is 0 Å². The Bertz CT molecular complexity index is 433. The van der Waals surface area contributed by atoms with Crippen molar-refractivity contribution in [3.8, 4) is 0 Å². The maximum absolute atomic E-state index is 12.5. The molecule has 1 aromatic rings. The van der Waals surface area contributed by atoms with Crippen molar-refractivity contribution in [1.29, 1.82) is 0 Å². The van der Waals surface area contributed by atoms with Gasteiger partial charge in [-0.25, -0.2) is 0 Å². The summed E-state index contributed by atoms with van der Waals surface area (Å²) in [5.41, 5.74) is 2.04. The Morgan fingerprint density at radius 1 is 1.35 bits per heavy atom. The number of amides is 1. The van der Waals surface area contributed by atoms with Crippen LogP contribution in [0.15, 0.2) is 12.1 Å². The van der Waals surface area contributed by atoms with E-state index in [2.05, 4.69) is 35.1 Å². The zero-order valence-electron chi connectivity index (χ0n) is 12.7. The summed E-state index contributed by atoms with van der Waals surface area (Å²) in [6.45, 7) is 7.16. The molecule has 1 aromatic heterocycles. The van der Waals surface area contributed by atoms with Crippen molar-refractivity contribution in [1.82, 2.24) is 15.2 Å². The van der Waals surface area contributed by atoms with Gasteiger partial charge in [-0.15, -0.1) is 0 Å². The van der Waals surface area contributed by atoms with Crippen LogP contribution in [0, 0.1) is 0 Å². The van der Waals surface area contributed by atoms with E-state index in [1.54, 1.807) is 0 Å². The van der Waals surface area contributed by atoms with E-state index in [1.807, 2.05) is 6.07 Å². The zero-order chi connectivity index (χ0) is 14.4. The molecule has 1 amide bonds. The number of hydrogen-bond donors (Lipinski definition) is 2. The Kier molecular flexibility index (Phi) is 5.65. The van der Waals surface area contributed by atoms with Crippen LogP contribution in [-0.2, 0) is 13.1 Å². The minimum absolute atomic E-state index is 0.0880. The van der Waals surface area contributed by atoms with Crippen LogP contribution in [0.3, 0.4) is 0 Å². The minimum Gasteiger partial charge on any atom is -0.348 e. The molecule has 0 saturated carbocycles. The Labute approximate surface area is 121 Å². The van der Waals surface area contributed by atoms with E-state index in [0.717, 1.165) is 57.4 Å². The van der Waals surface area contributed by atoms with Gasteiger partial charge in [0.2, 0.25) is 0 Å². The number of hydrogen-bond acceptors (Lipinski definition) is 2. The largest absolute Gasteiger partial charge is 0.348 e. The molecule has 0 aromatic carbocycles. The van der Waals surface area contributed by atoms with Gasteiger partial charge in [-0.2, -0.15) is 0 Å². The molecule has 112 valence electrons. The van der Waals surface area contributed by atoms with Crippen molar-refractivity contribution in [3.63, 3.8) is 0 Å². The summed E-state index contributed by atoms with van der Waals surface area (Å²) in [6.07, 6.45) is 5.43. The lowest BCUT2D eigenvalue weighted by atomic mass is 10.1. The monoisotopic (exact) mass is 277 g/mol. The summed E-state index contributed by atoms with van der Waals surface area (Å²) in [4.78, 5) is 12.5. The standard InChI is InChI=1S/C16H27N3O/c1-3-6-13(7-4-2)18-16(20)15-9-8-14-12-17-10-5-11-19(14)15/h8-9,13,17H,3-7,10-12H2,1-2H3,(H,18,20). The topological polar surface area (TPSA) is 46.1 Å². The Morgan fingerprint density at radius 2 is 2.10 bits per heavy atom. The zero-order valence-corrected chi connectivity index (χ0v) is 12.7. The van der Waals surface area contributed by atoms with Gasteiger partial charge in [-0.3, -0.25) is 4.79 Å². The van der Waals surface area contributed by atoms with Crippen LogP contribution in [0.1, 0.15) is 62.1 Å². The van der Waals surface area contributed by atoms with Gasteiger partial charge in [0, 0.05) is 24.8 Å². The first kappa shape index (κ1) is 15.1. The number of fused-ring (bicyclic) bond motifs is 1. The fourth-order valence-electron chi connectivity index (χ4n) is 2.95. The maximum atomic E-state index is 12.5. The first-order valence-electron chi connectivity index (χ1n) is 7.96. The molecule has 20 heavy (non-hydrogen) atoms. The van der Waals surface area contributed by atoms with Gasteiger partial charge in [-0.05, 0) is 37.9 Å². The number of rotatable bonds is 6. The SMILES string of the molecule is CCCC(CCC)NC(=O)c1ccc2n1CCCNC2. The normalized spacial score (nSPS) is 14.9. The van der Waals surface area contributed by atoms with Crippen LogP contribution in [0.5, 0.6) is 0 Å². The van der Waals surface area contributed by atoms with Crippen molar-refractivity contribution < 1.29 is 4.79 Å². The number of nitrogens with one attached hydrogen (secondary N) is 2. The van der Waals surface area contributed by atoms with Gasteiger partial charge in [0.15, 0.2) is 0 Å². The van der Waals surface area contributed by atoms with E-state index in [4.69, 9.17) is 0 Å². The second-order valence-corrected chi connectivity index (χ2v) is 5.64. The number of carbonyl (C=O) groups excluding carboxylic acids is 1. The van der Waals surface area contributed by atoms with Crippen LogP contribution >= 0.6 is 0 Å². The molecule has 0 aliphatic carbocycles. The number of carbonyl (C=O) groups is 1. The van der Waals surface area contributed by atoms with Crippen LogP contribution in [0.25, 0.3) is 0 Å². The molecule has 1 aliphatic heterocycles. The van der Waals surface area contributed by atoms with Crippen molar-refractivity contribution >= 4 is 5.91 Å². The Hall–Kier alpha value is -1.29. The maximum Gasteiger partial charge on any atom is 0.268 e. The van der Waals surface area contributed by atoms with Crippen molar-refractivity contribution in [3.05, 3.63) is 23.5 Å². The molecule has 0 spiro atoms. The lowest BCUT2D eigenvalue weighted by molar-refractivity contribution is 0.0922. The van der Waals surface area contributed by atoms with E-state index in [0.29, 0.717) is 6.04 Å². The molecule has 4 nitrogen and oxygen atoms in total. The number of nitrogens with zero attached hydrogens (tertiary/aromatic N) is 1. The molecule has 2 heterocycles. The van der Waals surface area contributed by atoms with Crippen LogP contribution < -0.4 is 10.6 Å². The highest BCUT2D eigenvalue weighted by molar-refractivity contribution is 5.93. The second-order valence-electron chi connectivity index (χ2n) is 5.64. The first-order valence-corrected chi connectivity index (χ1v) is 7.96. The average Bonchev–Trinajstić information content (AvgIpc) is 2.69.